The second-order valence-electron chi connectivity index (χ2n) is 7.44. The van der Waals surface area contributed by atoms with Gasteiger partial charge in [0.15, 0.2) is 22.5 Å². The Balaban J connectivity index is 1.35. The molecule has 0 aliphatic rings. The highest BCUT2D eigenvalue weighted by Gasteiger charge is 2.17. The van der Waals surface area contributed by atoms with Crippen LogP contribution in [0.3, 0.4) is 0 Å². The van der Waals surface area contributed by atoms with Crippen LogP contribution >= 0.6 is 11.8 Å². The van der Waals surface area contributed by atoms with E-state index < -0.39 is 5.82 Å². The predicted octanol–water partition coefficient (Wildman–Crippen LogP) is 5.64. The first-order valence-electron chi connectivity index (χ1n) is 10.6. The average Bonchev–Trinajstić information content (AvgIpc) is 3.50. The van der Waals surface area contributed by atoms with E-state index in [1.165, 1.54) is 17.8 Å². The van der Waals surface area contributed by atoms with Gasteiger partial charge in [-0.1, -0.05) is 59.8 Å². The van der Waals surface area contributed by atoms with E-state index in [4.69, 9.17) is 9.15 Å². The lowest BCUT2D eigenvalue weighted by Crippen LogP contribution is -2.07. The Hall–Kier alpha value is -3.98. The summed E-state index contributed by atoms with van der Waals surface area (Å²) >= 11 is 1.42. The molecule has 2 aromatic heterocycles. The summed E-state index contributed by atoms with van der Waals surface area (Å²) in [6.07, 6.45) is 0. The van der Waals surface area contributed by atoms with Crippen molar-refractivity contribution in [2.75, 3.05) is 0 Å². The lowest BCUT2D eigenvalue weighted by Gasteiger charge is -2.11. The van der Waals surface area contributed by atoms with Gasteiger partial charge in [0.1, 0.15) is 6.61 Å². The minimum absolute atomic E-state index is 0.0571. The van der Waals surface area contributed by atoms with Crippen molar-refractivity contribution < 1.29 is 13.5 Å². The average molecular weight is 474 g/mol. The Labute approximate surface area is 199 Å². The van der Waals surface area contributed by atoms with Gasteiger partial charge in [0.2, 0.25) is 11.8 Å². The lowest BCUT2D eigenvalue weighted by molar-refractivity contribution is 0.278. The van der Waals surface area contributed by atoms with Gasteiger partial charge in [0.25, 0.3) is 0 Å². The van der Waals surface area contributed by atoms with E-state index in [-0.39, 0.29) is 12.4 Å². The van der Waals surface area contributed by atoms with Gasteiger partial charge in [-0.2, -0.15) is 0 Å². The number of aryl methyl sites for hydroxylation is 1. The normalized spacial score (nSPS) is 11.0. The molecule has 34 heavy (non-hydrogen) atoms. The van der Waals surface area contributed by atoms with E-state index >= 15 is 0 Å². The fraction of sp³-hybridized carbons (Fsp3) is 0.120. The summed E-state index contributed by atoms with van der Waals surface area (Å²) < 4.78 is 27.4. The molecule has 9 heteroatoms. The maximum atomic E-state index is 14.0. The molecule has 0 spiro atoms. The fourth-order valence-electron chi connectivity index (χ4n) is 3.28. The fourth-order valence-corrected chi connectivity index (χ4v) is 4.09. The van der Waals surface area contributed by atoms with Crippen LogP contribution < -0.4 is 4.74 Å². The molecule has 0 saturated carbocycles. The molecular weight excluding hydrogens is 453 g/mol. The van der Waals surface area contributed by atoms with Gasteiger partial charge in [0.05, 0.1) is 5.75 Å². The maximum absolute atomic E-state index is 14.0. The third-order valence-electron chi connectivity index (χ3n) is 5.00. The predicted molar refractivity (Wildman–Crippen MR) is 126 cm³/mol. The molecule has 3 aromatic carbocycles. The zero-order valence-electron chi connectivity index (χ0n) is 18.3. The summed E-state index contributed by atoms with van der Waals surface area (Å²) in [5.74, 6) is 1.64. The second-order valence-corrected chi connectivity index (χ2v) is 8.39. The van der Waals surface area contributed by atoms with E-state index in [1.807, 2.05) is 66.1 Å². The number of hydrogen-bond donors (Lipinski definition) is 0. The molecule has 0 amide bonds. The van der Waals surface area contributed by atoms with Crippen LogP contribution in [-0.4, -0.2) is 25.0 Å². The number of ether oxygens (including phenoxy) is 1. The molecule has 0 unspecified atom stereocenters. The number of thioether (sulfide) groups is 1. The summed E-state index contributed by atoms with van der Waals surface area (Å²) in [6, 6.07) is 23.9. The SMILES string of the molecule is Cc1ccc(-c2nnc(CSc3nnc(COc4ccccc4F)n3-c3ccccc3)o2)cc1. The minimum Gasteiger partial charge on any atom is -0.483 e. The van der Waals surface area contributed by atoms with E-state index in [1.54, 1.807) is 18.2 Å². The van der Waals surface area contributed by atoms with Crippen molar-refractivity contribution in [1.82, 2.24) is 25.0 Å². The number of aromatic nitrogens is 5. The van der Waals surface area contributed by atoms with Crippen LogP contribution in [0.1, 0.15) is 17.3 Å². The molecular formula is C25H20FN5O2S. The van der Waals surface area contributed by atoms with Crippen molar-refractivity contribution in [2.45, 2.75) is 24.4 Å². The number of halogens is 1. The monoisotopic (exact) mass is 473 g/mol. The van der Waals surface area contributed by atoms with E-state index in [0.29, 0.717) is 28.5 Å². The number of benzene rings is 3. The summed E-state index contributed by atoms with van der Waals surface area (Å²) in [6.45, 7) is 2.08. The van der Waals surface area contributed by atoms with Gasteiger partial charge < -0.3 is 9.15 Å². The van der Waals surface area contributed by atoms with Crippen molar-refractivity contribution in [1.29, 1.82) is 0 Å². The van der Waals surface area contributed by atoms with Crippen LogP contribution in [0.2, 0.25) is 0 Å². The molecule has 0 aliphatic heterocycles. The van der Waals surface area contributed by atoms with Gasteiger partial charge in [-0.05, 0) is 43.3 Å². The number of hydrogen-bond acceptors (Lipinski definition) is 7. The van der Waals surface area contributed by atoms with Crippen molar-refractivity contribution >= 4 is 11.8 Å². The standard InChI is InChI=1S/C25H20FN5O2S/c1-17-11-13-18(14-12-17)24-29-28-23(33-24)16-34-25-30-27-22(31(25)19-7-3-2-4-8-19)15-32-21-10-6-5-9-20(21)26/h2-14H,15-16H2,1H3. The Morgan fingerprint density at radius 1 is 0.882 bits per heavy atom. The third kappa shape index (κ3) is 4.84. The van der Waals surface area contributed by atoms with Gasteiger partial charge in [-0.3, -0.25) is 4.57 Å². The number of nitrogens with zero attached hydrogens (tertiary/aromatic N) is 5. The molecule has 0 N–H and O–H groups in total. The Morgan fingerprint density at radius 3 is 2.44 bits per heavy atom. The van der Waals surface area contributed by atoms with E-state index in [0.717, 1.165) is 16.8 Å². The van der Waals surface area contributed by atoms with E-state index in [9.17, 15) is 4.39 Å². The Morgan fingerprint density at radius 2 is 1.65 bits per heavy atom. The lowest BCUT2D eigenvalue weighted by atomic mass is 10.1. The van der Waals surface area contributed by atoms with Crippen LogP contribution in [0.5, 0.6) is 5.75 Å². The highest BCUT2D eigenvalue weighted by molar-refractivity contribution is 7.98. The van der Waals surface area contributed by atoms with Crippen LogP contribution in [0.15, 0.2) is 88.4 Å². The molecule has 5 aromatic rings. The van der Waals surface area contributed by atoms with Crippen molar-refractivity contribution in [2.24, 2.45) is 0 Å². The molecule has 0 saturated heterocycles. The minimum atomic E-state index is -0.427. The molecule has 0 aliphatic carbocycles. The van der Waals surface area contributed by atoms with Crippen LogP contribution in [0.4, 0.5) is 4.39 Å². The summed E-state index contributed by atoms with van der Waals surface area (Å²) in [5.41, 5.74) is 2.90. The van der Waals surface area contributed by atoms with Crippen molar-refractivity contribution in [3.05, 3.63) is 102 Å². The second kappa shape index (κ2) is 9.88. The number of rotatable bonds is 8. The van der Waals surface area contributed by atoms with Crippen LogP contribution in [-0.2, 0) is 12.4 Å². The smallest absolute Gasteiger partial charge is 0.247 e. The van der Waals surface area contributed by atoms with E-state index in [2.05, 4.69) is 20.4 Å². The molecule has 5 rings (SSSR count). The van der Waals surface area contributed by atoms with Gasteiger partial charge >= 0.3 is 0 Å². The zero-order chi connectivity index (χ0) is 23.3. The first-order chi connectivity index (χ1) is 16.7. The van der Waals surface area contributed by atoms with Gasteiger partial charge in [-0.15, -0.1) is 20.4 Å². The summed E-state index contributed by atoms with van der Waals surface area (Å²) in [5, 5.41) is 17.6. The largest absolute Gasteiger partial charge is 0.483 e. The third-order valence-corrected chi connectivity index (χ3v) is 5.91. The van der Waals surface area contributed by atoms with Crippen molar-refractivity contribution in [3.8, 4) is 22.9 Å². The van der Waals surface area contributed by atoms with Crippen LogP contribution in [0, 0.1) is 12.7 Å². The molecule has 0 radical (unpaired) electrons. The summed E-state index contributed by atoms with van der Waals surface area (Å²) in [7, 11) is 0. The number of para-hydroxylation sites is 2. The Bertz CT molecular complexity index is 1390. The highest BCUT2D eigenvalue weighted by Crippen LogP contribution is 2.27. The molecule has 7 nitrogen and oxygen atoms in total. The van der Waals surface area contributed by atoms with Crippen molar-refractivity contribution in [3.63, 3.8) is 0 Å². The van der Waals surface area contributed by atoms with Crippen LogP contribution in [0.25, 0.3) is 17.1 Å². The highest BCUT2D eigenvalue weighted by atomic mass is 32.2. The first-order valence-corrected chi connectivity index (χ1v) is 11.6. The maximum Gasteiger partial charge on any atom is 0.247 e. The molecule has 170 valence electrons. The molecule has 2 heterocycles. The molecule has 0 fully saturated rings. The topological polar surface area (TPSA) is 78.9 Å². The van der Waals surface area contributed by atoms with Gasteiger partial charge in [-0.25, -0.2) is 4.39 Å². The summed E-state index contributed by atoms with van der Waals surface area (Å²) in [4.78, 5) is 0. The molecule has 0 atom stereocenters. The zero-order valence-corrected chi connectivity index (χ0v) is 19.1. The van der Waals surface area contributed by atoms with Gasteiger partial charge in [0, 0.05) is 11.3 Å². The Kier molecular flexibility index (Phi) is 6.35. The quantitative estimate of drug-likeness (QED) is 0.270. The first kappa shape index (κ1) is 21.8. The molecule has 0 bridgehead atoms.